The molecule has 2 aromatic heterocycles. The Hall–Kier alpha value is -2.73. The molecule has 0 bridgehead atoms. The van der Waals surface area contributed by atoms with Crippen LogP contribution in [-0.2, 0) is 5.54 Å². The van der Waals surface area contributed by atoms with Crippen molar-refractivity contribution in [1.29, 1.82) is 0 Å². The first-order valence-corrected chi connectivity index (χ1v) is 9.61. The zero-order valence-electron chi connectivity index (χ0n) is 15.5. The van der Waals surface area contributed by atoms with Crippen LogP contribution in [0.2, 0.25) is 0 Å². The van der Waals surface area contributed by atoms with Gasteiger partial charge in [-0.2, -0.15) is 4.98 Å². The molecular formula is C21H23N5O. The fourth-order valence-corrected chi connectivity index (χ4v) is 4.49. The largest absolute Gasteiger partial charge is 0.337 e. The molecule has 138 valence electrons. The van der Waals surface area contributed by atoms with Gasteiger partial charge < -0.3 is 9.42 Å². The highest BCUT2D eigenvalue weighted by Gasteiger charge is 2.49. The quantitative estimate of drug-likeness (QED) is 0.700. The van der Waals surface area contributed by atoms with Crippen LogP contribution in [0.25, 0.3) is 11.4 Å². The monoisotopic (exact) mass is 361 g/mol. The molecule has 0 atom stereocenters. The standard InChI is InChI=1S/C21H23N5O/c1-25(17-7-3-2-4-8-17)18-10-9-16(15-22-18)19-23-20(27-24-19)21-11-5-13-26(21)14-6-12-21/h2-4,7-10,15H,5-6,11-14H2,1H3. The maximum atomic E-state index is 5.71. The molecule has 0 unspecified atom stereocenters. The third-order valence-electron chi connectivity index (χ3n) is 5.96. The Morgan fingerprint density at radius 2 is 1.81 bits per heavy atom. The fraction of sp³-hybridized carbons (Fsp3) is 0.381. The number of fused-ring (bicyclic) bond motifs is 1. The molecule has 27 heavy (non-hydrogen) atoms. The van der Waals surface area contributed by atoms with Crippen molar-refractivity contribution in [2.75, 3.05) is 25.0 Å². The molecule has 0 saturated carbocycles. The van der Waals surface area contributed by atoms with E-state index in [1.54, 1.807) is 0 Å². The molecule has 4 heterocycles. The van der Waals surface area contributed by atoms with Gasteiger partial charge in [0.15, 0.2) is 0 Å². The van der Waals surface area contributed by atoms with Crippen molar-refractivity contribution in [3.63, 3.8) is 0 Å². The summed E-state index contributed by atoms with van der Waals surface area (Å²) in [5, 5.41) is 4.25. The number of anilines is 2. The van der Waals surface area contributed by atoms with Crippen molar-refractivity contribution in [3.05, 3.63) is 54.6 Å². The van der Waals surface area contributed by atoms with Gasteiger partial charge in [-0.05, 0) is 63.0 Å². The normalized spacial score (nSPS) is 18.6. The summed E-state index contributed by atoms with van der Waals surface area (Å²) in [7, 11) is 2.01. The minimum absolute atomic E-state index is 0.0217. The Kier molecular flexibility index (Phi) is 3.93. The molecule has 0 spiro atoms. The summed E-state index contributed by atoms with van der Waals surface area (Å²) >= 11 is 0. The predicted octanol–water partition coefficient (Wildman–Crippen LogP) is 3.98. The fourth-order valence-electron chi connectivity index (χ4n) is 4.49. The van der Waals surface area contributed by atoms with E-state index in [2.05, 4.69) is 32.1 Å². The van der Waals surface area contributed by atoms with Crippen LogP contribution in [0.4, 0.5) is 11.5 Å². The van der Waals surface area contributed by atoms with Crippen LogP contribution >= 0.6 is 0 Å². The second-order valence-electron chi connectivity index (χ2n) is 7.45. The van der Waals surface area contributed by atoms with E-state index in [1.807, 2.05) is 43.6 Å². The van der Waals surface area contributed by atoms with Gasteiger partial charge in [-0.15, -0.1) is 0 Å². The zero-order valence-corrected chi connectivity index (χ0v) is 15.5. The lowest BCUT2D eigenvalue weighted by Crippen LogP contribution is -2.35. The van der Waals surface area contributed by atoms with Gasteiger partial charge in [-0.3, -0.25) is 4.90 Å². The molecule has 0 radical (unpaired) electrons. The van der Waals surface area contributed by atoms with E-state index in [0.29, 0.717) is 5.82 Å². The Morgan fingerprint density at radius 3 is 2.52 bits per heavy atom. The van der Waals surface area contributed by atoms with E-state index in [4.69, 9.17) is 9.51 Å². The van der Waals surface area contributed by atoms with Crippen LogP contribution in [0.5, 0.6) is 0 Å². The van der Waals surface area contributed by atoms with E-state index in [0.717, 1.165) is 48.9 Å². The highest BCUT2D eigenvalue weighted by atomic mass is 16.5. The number of aromatic nitrogens is 3. The van der Waals surface area contributed by atoms with Crippen molar-refractivity contribution < 1.29 is 4.52 Å². The van der Waals surface area contributed by atoms with Gasteiger partial charge >= 0.3 is 0 Å². The Bertz CT molecular complexity index is 911. The summed E-state index contributed by atoms with van der Waals surface area (Å²) < 4.78 is 5.71. The molecule has 6 heteroatoms. The summed E-state index contributed by atoms with van der Waals surface area (Å²) in [4.78, 5) is 13.9. The summed E-state index contributed by atoms with van der Waals surface area (Å²) in [6.07, 6.45) is 6.48. The van der Waals surface area contributed by atoms with Crippen molar-refractivity contribution in [1.82, 2.24) is 20.0 Å². The average Bonchev–Trinajstić information content (AvgIpc) is 3.43. The molecule has 3 aromatic rings. The Morgan fingerprint density at radius 1 is 1.04 bits per heavy atom. The molecule has 2 aliphatic rings. The topological polar surface area (TPSA) is 58.3 Å². The molecule has 2 saturated heterocycles. The Labute approximate surface area is 158 Å². The van der Waals surface area contributed by atoms with E-state index in [9.17, 15) is 0 Å². The van der Waals surface area contributed by atoms with Crippen molar-refractivity contribution in [2.24, 2.45) is 0 Å². The summed E-state index contributed by atoms with van der Waals surface area (Å²) in [5.41, 5.74) is 1.96. The van der Waals surface area contributed by atoms with Gasteiger partial charge in [-0.25, -0.2) is 4.98 Å². The number of para-hydroxylation sites is 1. The number of hydrogen-bond acceptors (Lipinski definition) is 6. The lowest BCUT2D eigenvalue weighted by molar-refractivity contribution is 0.143. The van der Waals surface area contributed by atoms with Crippen molar-refractivity contribution >= 4 is 11.5 Å². The van der Waals surface area contributed by atoms with Crippen molar-refractivity contribution in [2.45, 2.75) is 31.2 Å². The van der Waals surface area contributed by atoms with E-state index >= 15 is 0 Å². The summed E-state index contributed by atoms with van der Waals surface area (Å²) in [6, 6.07) is 14.2. The van der Waals surface area contributed by atoms with Gasteiger partial charge in [0.2, 0.25) is 11.7 Å². The zero-order chi connectivity index (χ0) is 18.3. The number of benzene rings is 1. The SMILES string of the molecule is CN(c1ccccc1)c1ccc(-c2noc(C34CCCN3CCC4)n2)cn1. The van der Waals surface area contributed by atoms with Crippen LogP contribution < -0.4 is 4.90 Å². The highest BCUT2D eigenvalue weighted by Crippen LogP contribution is 2.46. The first kappa shape index (κ1) is 16.4. The Balaban J connectivity index is 1.39. The van der Waals surface area contributed by atoms with Gasteiger partial charge in [-0.1, -0.05) is 23.4 Å². The number of hydrogen-bond donors (Lipinski definition) is 0. The second-order valence-corrected chi connectivity index (χ2v) is 7.45. The van der Waals surface area contributed by atoms with Gasteiger partial charge in [0.25, 0.3) is 0 Å². The van der Waals surface area contributed by atoms with Crippen molar-refractivity contribution in [3.8, 4) is 11.4 Å². The second kappa shape index (κ2) is 6.46. The van der Waals surface area contributed by atoms with Crippen LogP contribution in [0.1, 0.15) is 31.6 Å². The minimum Gasteiger partial charge on any atom is -0.337 e. The molecule has 0 aliphatic carbocycles. The van der Waals surface area contributed by atoms with Gasteiger partial charge in [0.1, 0.15) is 11.4 Å². The lowest BCUT2D eigenvalue weighted by atomic mass is 9.94. The maximum absolute atomic E-state index is 5.71. The summed E-state index contributed by atoms with van der Waals surface area (Å²) in [5.74, 6) is 2.28. The van der Waals surface area contributed by atoms with Gasteiger partial charge in [0.05, 0.1) is 0 Å². The summed E-state index contributed by atoms with van der Waals surface area (Å²) in [6.45, 7) is 2.28. The molecular weight excluding hydrogens is 338 g/mol. The van der Waals surface area contributed by atoms with E-state index in [-0.39, 0.29) is 5.54 Å². The number of nitrogens with zero attached hydrogens (tertiary/aromatic N) is 5. The van der Waals surface area contributed by atoms with Crippen LogP contribution in [0.3, 0.4) is 0 Å². The molecule has 5 rings (SSSR count). The van der Waals surface area contributed by atoms with Crippen LogP contribution in [0, 0.1) is 0 Å². The number of pyridine rings is 1. The predicted molar refractivity (Wildman–Crippen MR) is 104 cm³/mol. The minimum atomic E-state index is -0.0217. The van der Waals surface area contributed by atoms with E-state index < -0.39 is 0 Å². The maximum Gasteiger partial charge on any atom is 0.247 e. The molecule has 2 aliphatic heterocycles. The molecule has 1 aromatic carbocycles. The first-order chi connectivity index (χ1) is 13.3. The average molecular weight is 361 g/mol. The third kappa shape index (κ3) is 2.72. The molecule has 0 N–H and O–H groups in total. The molecule has 0 amide bonds. The first-order valence-electron chi connectivity index (χ1n) is 9.61. The van der Waals surface area contributed by atoms with Crippen LogP contribution in [0.15, 0.2) is 53.2 Å². The van der Waals surface area contributed by atoms with Gasteiger partial charge in [0, 0.05) is 24.5 Å². The molecule has 6 nitrogen and oxygen atoms in total. The van der Waals surface area contributed by atoms with E-state index in [1.165, 1.54) is 12.8 Å². The third-order valence-corrected chi connectivity index (χ3v) is 5.96. The number of rotatable bonds is 4. The molecule has 2 fully saturated rings. The smallest absolute Gasteiger partial charge is 0.247 e. The highest BCUT2D eigenvalue weighted by molar-refractivity contribution is 5.62. The van der Waals surface area contributed by atoms with Crippen LogP contribution in [-0.4, -0.2) is 40.2 Å². The lowest BCUT2D eigenvalue weighted by Gasteiger charge is -2.27.